The van der Waals surface area contributed by atoms with Gasteiger partial charge in [0, 0.05) is 23.6 Å². The Labute approximate surface area is 119 Å². The van der Waals surface area contributed by atoms with Crippen molar-refractivity contribution in [3.63, 3.8) is 0 Å². The zero-order valence-corrected chi connectivity index (χ0v) is 13.6. The van der Waals surface area contributed by atoms with Crippen molar-refractivity contribution in [1.29, 1.82) is 0 Å². The predicted molar refractivity (Wildman–Crippen MR) is 83.8 cm³/mol. The lowest BCUT2D eigenvalue weighted by atomic mass is 9.80. The Kier molecular flexibility index (Phi) is 9.16. The molecule has 4 heteroatoms. The van der Waals surface area contributed by atoms with E-state index >= 15 is 0 Å². The number of ether oxygens (including phenoxy) is 1. The molecule has 1 saturated heterocycles. The van der Waals surface area contributed by atoms with Gasteiger partial charge in [-0.25, -0.2) is 4.39 Å². The zero-order valence-electron chi connectivity index (χ0n) is 12.4. The number of hydrogen-bond acceptors (Lipinski definition) is 2. The lowest BCUT2D eigenvalue weighted by Gasteiger charge is -2.31. The summed E-state index contributed by atoms with van der Waals surface area (Å²) in [5.41, 5.74) is 6.17. The molecule has 19 heavy (non-hydrogen) atoms. The summed E-state index contributed by atoms with van der Waals surface area (Å²) in [5, 5.41) is 0. The molecule has 1 aromatic carbocycles. The van der Waals surface area contributed by atoms with E-state index in [4.69, 9.17) is 10.5 Å². The molecule has 2 nitrogen and oxygen atoms in total. The van der Waals surface area contributed by atoms with E-state index in [1.165, 1.54) is 6.07 Å². The molecule has 0 bridgehead atoms. The molecular weight excluding hydrogens is 260 g/mol. The minimum absolute atomic E-state index is 0.203. The molecule has 2 N–H and O–H groups in total. The van der Waals surface area contributed by atoms with Gasteiger partial charge in [-0.15, -0.1) is 9.24 Å². The third kappa shape index (κ3) is 4.83. The minimum Gasteiger partial charge on any atom is -0.381 e. The highest BCUT2D eigenvalue weighted by atomic mass is 31.0. The van der Waals surface area contributed by atoms with E-state index in [0.29, 0.717) is 12.2 Å². The normalized spacial score (nSPS) is 20.5. The molecule has 1 fully saturated rings. The van der Waals surface area contributed by atoms with Gasteiger partial charge in [0.25, 0.3) is 0 Å². The van der Waals surface area contributed by atoms with Crippen LogP contribution in [0.1, 0.15) is 32.8 Å². The Morgan fingerprint density at radius 2 is 1.89 bits per heavy atom. The third-order valence-corrected chi connectivity index (χ3v) is 3.23. The molecule has 3 atom stereocenters. The van der Waals surface area contributed by atoms with Crippen molar-refractivity contribution in [3.8, 4) is 0 Å². The van der Waals surface area contributed by atoms with E-state index in [9.17, 15) is 4.39 Å². The number of rotatable bonds is 2. The molecule has 0 aromatic heterocycles. The molecule has 0 spiro atoms. The van der Waals surface area contributed by atoms with Gasteiger partial charge >= 0.3 is 0 Å². The van der Waals surface area contributed by atoms with Crippen molar-refractivity contribution >= 4 is 9.24 Å². The van der Waals surface area contributed by atoms with Gasteiger partial charge < -0.3 is 10.5 Å². The fourth-order valence-corrected chi connectivity index (χ4v) is 2.13. The van der Waals surface area contributed by atoms with Crippen LogP contribution in [0.15, 0.2) is 24.3 Å². The van der Waals surface area contributed by atoms with Crippen molar-refractivity contribution in [2.45, 2.75) is 32.7 Å². The second-order valence-corrected chi connectivity index (χ2v) is 4.32. The average Bonchev–Trinajstić information content (AvgIpc) is 2.98. The van der Waals surface area contributed by atoms with Crippen LogP contribution in [0.25, 0.3) is 0 Å². The molecule has 0 aliphatic carbocycles. The van der Waals surface area contributed by atoms with Gasteiger partial charge in [0.1, 0.15) is 5.82 Å². The number of hydrogen-bond donors (Lipinski definition) is 1. The van der Waals surface area contributed by atoms with Crippen LogP contribution in [-0.2, 0) is 10.3 Å². The maximum atomic E-state index is 13.6. The summed E-state index contributed by atoms with van der Waals surface area (Å²) in [7, 11) is 2.42. The predicted octanol–water partition coefficient (Wildman–Crippen LogP) is 3.55. The standard InChI is InChI=1S/C12H16FNO.C2H6.CH5P/c1-12(14,9-6-7-15-8-9)10-4-2-3-5-11(10)13;2*1-2/h2-5,9H,6-8,14H2,1H3;1-2H3;2H2,1H3/t9-,12+;;/m1../s1. The van der Waals surface area contributed by atoms with Crippen molar-refractivity contribution in [3.05, 3.63) is 35.6 Å². The molecular formula is C15H27FNOP. The fourth-order valence-electron chi connectivity index (χ4n) is 2.13. The van der Waals surface area contributed by atoms with Crippen molar-refractivity contribution in [2.24, 2.45) is 11.7 Å². The fraction of sp³-hybridized carbons (Fsp3) is 0.600. The molecule has 1 heterocycles. The van der Waals surface area contributed by atoms with E-state index < -0.39 is 5.54 Å². The quantitative estimate of drug-likeness (QED) is 0.844. The van der Waals surface area contributed by atoms with Gasteiger partial charge in [-0.3, -0.25) is 0 Å². The van der Waals surface area contributed by atoms with Gasteiger partial charge in [-0.1, -0.05) is 38.7 Å². The summed E-state index contributed by atoms with van der Waals surface area (Å²) < 4.78 is 18.9. The first-order chi connectivity index (χ1) is 9.12. The molecule has 1 aliphatic rings. The van der Waals surface area contributed by atoms with E-state index in [0.717, 1.165) is 13.0 Å². The van der Waals surface area contributed by atoms with Gasteiger partial charge in [-0.2, -0.15) is 0 Å². The summed E-state index contributed by atoms with van der Waals surface area (Å²) in [6.45, 7) is 9.15. The summed E-state index contributed by atoms with van der Waals surface area (Å²) in [6, 6.07) is 6.71. The smallest absolute Gasteiger partial charge is 0.128 e. The Balaban J connectivity index is 0.000000741. The lowest BCUT2D eigenvalue weighted by Crippen LogP contribution is -2.42. The Bertz CT molecular complexity index is 352. The summed E-state index contributed by atoms with van der Waals surface area (Å²) in [6.07, 6.45) is 0.904. The van der Waals surface area contributed by atoms with Crippen molar-refractivity contribution in [2.75, 3.05) is 19.9 Å². The minimum atomic E-state index is -0.637. The Morgan fingerprint density at radius 3 is 2.37 bits per heavy atom. The first-order valence-corrected chi connectivity index (χ1v) is 7.97. The van der Waals surface area contributed by atoms with Gasteiger partial charge in [0.2, 0.25) is 0 Å². The average molecular weight is 287 g/mol. The second kappa shape index (κ2) is 9.41. The number of nitrogens with two attached hydrogens (primary N) is 1. The monoisotopic (exact) mass is 287 g/mol. The van der Waals surface area contributed by atoms with E-state index in [2.05, 4.69) is 9.24 Å². The summed E-state index contributed by atoms with van der Waals surface area (Å²) in [4.78, 5) is 0. The third-order valence-electron chi connectivity index (χ3n) is 3.23. The molecule has 2 rings (SSSR count). The molecule has 1 unspecified atom stereocenters. The Morgan fingerprint density at radius 1 is 1.32 bits per heavy atom. The zero-order chi connectivity index (χ0) is 14.9. The van der Waals surface area contributed by atoms with Crippen LogP contribution in [0.5, 0.6) is 0 Å². The van der Waals surface area contributed by atoms with Crippen molar-refractivity contribution < 1.29 is 9.13 Å². The molecule has 110 valence electrons. The van der Waals surface area contributed by atoms with Crippen molar-refractivity contribution in [1.82, 2.24) is 0 Å². The van der Waals surface area contributed by atoms with Gasteiger partial charge in [-0.05, 0) is 19.4 Å². The second-order valence-electron chi connectivity index (χ2n) is 4.32. The Hall–Kier alpha value is -0.500. The summed E-state index contributed by atoms with van der Waals surface area (Å²) >= 11 is 0. The molecule has 0 saturated carbocycles. The maximum Gasteiger partial charge on any atom is 0.128 e. The van der Waals surface area contributed by atoms with E-state index in [1.807, 2.05) is 33.5 Å². The van der Waals surface area contributed by atoms with Crippen LogP contribution in [0, 0.1) is 11.7 Å². The van der Waals surface area contributed by atoms with E-state index in [1.54, 1.807) is 12.1 Å². The molecule has 0 radical (unpaired) electrons. The number of halogens is 1. The van der Waals surface area contributed by atoms with Crippen LogP contribution in [0.2, 0.25) is 0 Å². The molecule has 1 aliphatic heterocycles. The highest BCUT2D eigenvalue weighted by Gasteiger charge is 2.36. The lowest BCUT2D eigenvalue weighted by molar-refractivity contribution is 0.165. The van der Waals surface area contributed by atoms with Crippen LogP contribution >= 0.6 is 9.24 Å². The van der Waals surface area contributed by atoms with Crippen LogP contribution < -0.4 is 5.73 Å². The van der Waals surface area contributed by atoms with Gasteiger partial charge in [0.15, 0.2) is 0 Å². The first-order valence-electron chi connectivity index (χ1n) is 6.81. The largest absolute Gasteiger partial charge is 0.381 e. The van der Waals surface area contributed by atoms with E-state index in [-0.39, 0.29) is 11.7 Å². The van der Waals surface area contributed by atoms with Crippen LogP contribution in [0.4, 0.5) is 4.39 Å². The highest BCUT2D eigenvalue weighted by Crippen LogP contribution is 2.33. The molecule has 0 amide bonds. The summed E-state index contributed by atoms with van der Waals surface area (Å²) in [5.74, 6) is -0.0243. The molecule has 1 aromatic rings. The van der Waals surface area contributed by atoms with Gasteiger partial charge in [0.05, 0.1) is 6.61 Å². The number of benzene rings is 1. The SMILES string of the molecule is CC.CP.C[C@@](N)(c1ccccc1F)[C@@H]1CCOC1. The first kappa shape index (κ1) is 18.5. The van der Waals surface area contributed by atoms with Crippen LogP contribution in [-0.4, -0.2) is 19.9 Å². The highest BCUT2D eigenvalue weighted by molar-refractivity contribution is 7.15. The topological polar surface area (TPSA) is 35.2 Å². The van der Waals surface area contributed by atoms with Crippen LogP contribution in [0.3, 0.4) is 0 Å². The maximum absolute atomic E-state index is 13.6.